The fourth-order valence-corrected chi connectivity index (χ4v) is 4.76. The molecule has 2 aromatic heterocycles. The Bertz CT molecular complexity index is 1100. The first kappa shape index (κ1) is 17.9. The van der Waals surface area contributed by atoms with Crippen LogP contribution in [-0.4, -0.2) is 28.4 Å². The molecule has 0 spiro atoms. The van der Waals surface area contributed by atoms with E-state index in [-0.39, 0.29) is 0 Å². The van der Waals surface area contributed by atoms with Gasteiger partial charge in [-0.15, -0.1) is 11.3 Å². The largest absolute Gasteiger partial charge is 0.388 e. The lowest BCUT2D eigenvalue weighted by atomic mass is 9.99. The van der Waals surface area contributed by atoms with Crippen LogP contribution in [0.5, 0.6) is 0 Å². The average Bonchev–Trinajstić information content (AvgIpc) is 3.46. The maximum atomic E-state index is 4.72. The molecular weight excluding hydrogens is 378 g/mol. The lowest BCUT2D eigenvalue weighted by Crippen LogP contribution is -2.30. The minimum atomic E-state index is 0.908. The van der Waals surface area contributed by atoms with Crippen molar-refractivity contribution in [2.45, 2.75) is 19.4 Å². The van der Waals surface area contributed by atoms with Crippen molar-refractivity contribution in [3.63, 3.8) is 0 Å². The van der Waals surface area contributed by atoms with E-state index in [2.05, 4.69) is 57.8 Å². The minimum absolute atomic E-state index is 0.908. The number of nitrogens with zero attached hydrogens (tertiary/aromatic N) is 4. The van der Waals surface area contributed by atoms with Gasteiger partial charge in [-0.3, -0.25) is 0 Å². The van der Waals surface area contributed by atoms with Gasteiger partial charge in [0.2, 0.25) is 0 Å². The summed E-state index contributed by atoms with van der Waals surface area (Å²) in [5.41, 5.74) is 6.39. The predicted octanol–water partition coefficient (Wildman–Crippen LogP) is 4.52. The summed E-state index contributed by atoms with van der Waals surface area (Å²) in [4.78, 5) is 8.42. The van der Waals surface area contributed by atoms with E-state index >= 15 is 0 Å². The van der Waals surface area contributed by atoms with Gasteiger partial charge in [0.25, 0.3) is 0 Å². The molecule has 6 heteroatoms. The fraction of sp³-hybridized carbons (Fsp3) is 0.217. The molecule has 4 aromatic rings. The standard InChI is InChI=1S/C23H23N5S/c1-24-20-6-5-18-9-12-27(16-19(18)14-20)23-25-15-22(29-23)13-17-3-7-21(8-4-17)28-11-2-10-26-28/h2-8,10-11,14-15,24H,9,12-13,16H2,1H3. The molecule has 0 unspecified atom stereocenters. The number of thiazole rings is 1. The summed E-state index contributed by atoms with van der Waals surface area (Å²) in [7, 11) is 1.97. The van der Waals surface area contributed by atoms with E-state index in [9.17, 15) is 0 Å². The number of benzene rings is 2. The number of anilines is 2. The second-order valence-corrected chi connectivity index (χ2v) is 8.40. The Morgan fingerprint density at radius 1 is 1.10 bits per heavy atom. The van der Waals surface area contributed by atoms with Gasteiger partial charge in [0.05, 0.1) is 5.69 Å². The molecule has 0 saturated carbocycles. The van der Waals surface area contributed by atoms with Gasteiger partial charge in [0.15, 0.2) is 5.13 Å². The fourth-order valence-electron chi connectivity index (χ4n) is 3.79. The minimum Gasteiger partial charge on any atom is -0.388 e. The molecule has 0 aliphatic carbocycles. The number of rotatable bonds is 5. The Balaban J connectivity index is 1.28. The zero-order chi connectivity index (χ0) is 19.6. The Morgan fingerprint density at radius 2 is 2.00 bits per heavy atom. The molecule has 0 bridgehead atoms. The highest BCUT2D eigenvalue weighted by Crippen LogP contribution is 2.30. The predicted molar refractivity (Wildman–Crippen MR) is 119 cm³/mol. The third-order valence-electron chi connectivity index (χ3n) is 5.40. The lowest BCUT2D eigenvalue weighted by molar-refractivity contribution is 0.729. The molecule has 5 rings (SSSR count). The summed E-state index contributed by atoms with van der Waals surface area (Å²) in [6.07, 6.45) is 7.77. The summed E-state index contributed by atoms with van der Waals surface area (Å²) < 4.78 is 1.88. The summed E-state index contributed by atoms with van der Waals surface area (Å²) >= 11 is 1.80. The highest BCUT2D eigenvalue weighted by atomic mass is 32.1. The van der Waals surface area contributed by atoms with E-state index < -0.39 is 0 Å². The van der Waals surface area contributed by atoms with Gasteiger partial charge in [0.1, 0.15) is 0 Å². The molecule has 1 aliphatic heterocycles. The van der Waals surface area contributed by atoms with E-state index in [0.29, 0.717) is 0 Å². The molecule has 0 radical (unpaired) electrons. The Kier molecular flexibility index (Phi) is 4.77. The summed E-state index contributed by atoms with van der Waals surface area (Å²) in [6.45, 7) is 1.95. The zero-order valence-electron chi connectivity index (χ0n) is 16.4. The molecule has 5 nitrogen and oxygen atoms in total. The van der Waals surface area contributed by atoms with Crippen LogP contribution in [0.2, 0.25) is 0 Å². The second kappa shape index (κ2) is 7.72. The van der Waals surface area contributed by atoms with Gasteiger partial charge in [0, 0.05) is 55.7 Å². The van der Waals surface area contributed by atoms with Gasteiger partial charge in [-0.05, 0) is 53.4 Å². The van der Waals surface area contributed by atoms with Crippen molar-refractivity contribution in [1.29, 1.82) is 0 Å². The maximum absolute atomic E-state index is 4.72. The lowest BCUT2D eigenvalue weighted by Gasteiger charge is -2.28. The SMILES string of the molecule is CNc1ccc2c(c1)CN(c1ncc(Cc3ccc(-n4cccn4)cc3)s1)CC2. The first-order valence-electron chi connectivity index (χ1n) is 9.87. The number of aromatic nitrogens is 3. The van der Waals surface area contributed by atoms with E-state index in [4.69, 9.17) is 4.98 Å². The van der Waals surface area contributed by atoms with Crippen LogP contribution in [0.15, 0.2) is 67.1 Å². The molecule has 0 saturated heterocycles. The van der Waals surface area contributed by atoms with E-state index in [1.54, 1.807) is 17.5 Å². The normalized spacial score (nSPS) is 13.3. The number of hydrogen-bond donors (Lipinski definition) is 1. The molecule has 146 valence electrons. The van der Waals surface area contributed by atoms with Crippen LogP contribution < -0.4 is 10.2 Å². The van der Waals surface area contributed by atoms with E-state index in [1.165, 1.54) is 27.3 Å². The molecule has 0 amide bonds. The van der Waals surface area contributed by atoms with Gasteiger partial charge in [-0.25, -0.2) is 9.67 Å². The second-order valence-electron chi connectivity index (χ2n) is 7.31. The maximum Gasteiger partial charge on any atom is 0.185 e. The average molecular weight is 402 g/mol. The number of hydrogen-bond acceptors (Lipinski definition) is 5. The van der Waals surface area contributed by atoms with Crippen LogP contribution in [0.1, 0.15) is 21.6 Å². The van der Waals surface area contributed by atoms with Crippen molar-refractivity contribution in [2.75, 3.05) is 23.8 Å². The first-order valence-corrected chi connectivity index (χ1v) is 10.7. The van der Waals surface area contributed by atoms with Crippen molar-refractivity contribution < 1.29 is 0 Å². The van der Waals surface area contributed by atoms with Crippen LogP contribution in [0.25, 0.3) is 5.69 Å². The molecule has 29 heavy (non-hydrogen) atoms. The summed E-state index contributed by atoms with van der Waals surface area (Å²) in [5.74, 6) is 0. The molecule has 3 heterocycles. The van der Waals surface area contributed by atoms with Crippen molar-refractivity contribution >= 4 is 22.2 Å². The van der Waals surface area contributed by atoms with Crippen LogP contribution in [0, 0.1) is 0 Å². The summed E-state index contributed by atoms with van der Waals surface area (Å²) in [5, 5.41) is 8.64. The van der Waals surface area contributed by atoms with Crippen molar-refractivity contribution in [3.8, 4) is 5.69 Å². The van der Waals surface area contributed by atoms with Crippen LogP contribution >= 0.6 is 11.3 Å². The van der Waals surface area contributed by atoms with Gasteiger partial charge >= 0.3 is 0 Å². The zero-order valence-corrected chi connectivity index (χ0v) is 17.2. The Hall–Kier alpha value is -3.12. The molecule has 0 atom stereocenters. The number of fused-ring (bicyclic) bond motifs is 1. The quantitative estimate of drug-likeness (QED) is 0.534. The van der Waals surface area contributed by atoms with E-state index in [1.807, 2.05) is 30.2 Å². The van der Waals surface area contributed by atoms with Crippen LogP contribution in [0.4, 0.5) is 10.8 Å². The highest BCUT2D eigenvalue weighted by Gasteiger charge is 2.19. The Morgan fingerprint density at radius 3 is 2.79 bits per heavy atom. The Labute approximate surface area is 174 Å². The van der Waals surface area contributed by atoms with Gasteiger partial charge in [-0.1, -0.05) is 18.2 Å². The molecule has 2 aromatic carbocycles. The van der Waals surface area contributed by atoms with Gasteiger partial charge in [-0.2, -0.15) is 5.10 Å². The van der Waals surface area contributed by atoms with Crippen LogP contribution in [0.3, 0.4) is 0 Å². The third-order valence-corrected chi connectivity index (χ3v) is 6.46. The van der Waals surface area contributed by atoms with E-state index in [0.717, 1.165) is 36.8 Å². The van der Waals surface area contributed by atoms with Crippen molar-refractivity contribution in [1.82, 2.24) is 14.8 Å². The highest BCUT2D eigenvalue weighted by molar-refractivity contribution is 7.15. The monoisotopic (exact) mass is 401 g/mol. The first-order chi connectivity index (χ1) is 14.3. The third kappa shape index (κ3) is 3.76. The number of nitrogens with one attached hydrogen (secondary N) is 1. The van der Waals surface area contributed by atoms with Gasteiger partial charge < -0.3 is 10.2 Å². The van der Waals surface area contributed by atoms with Crippen LogP contribution in [-0.2, 0) is 19.4 Å². The molecule has 1 aliphatic rings. The molecule has 1 N–H and O–H groups in total. The molecular formula is C23H23N5S. The van der Waals surface area contributed by atoms with Crippen molar-refractivity contribution in [2.24, 2.45) is 0 Å². The van der Waals surface area contributed by atoms with Crippen molar-refractivity contribution in [3.05, 3.63) is 88.7 Å². The topological polar surface area (TPSA) is 46.0 Å². The summed E-state index contributed by atoms with van der Waals surface area (Å²) in [6, 6.07) is 17.2. The molecule has 0 fully saturated rings. The smallest absolute Gasteiger partial charge is 0.185 e.